The normalized spacial score (nSPS) is 15.4. The zero-order valence-electron chi connectivity index (χ0n) is 14.9. The van der Waals surface area contributed by atoms with Crippen molar-refractivity contribution in [3.63, 3.8) is 0 Å². The standard InChI is InChI=1S/C19H25N5O/c1-15(2)21-19-20-9-8-17(22-19)18(25)24-12-10-23(11-13-24)14-16-6-4-3-5-7-16/h3-9,15H,10-14H2,1-2H3,(H,20,21,22). The maximum absolute atomic E-state index is 12.7. The highest BCUT2D eigenvalue weighted by molar-refractivity contribution is 5.92. The van der Waals surface area contributed by atoms with E-state index in [2.05, 4.69) is 44.5 Å². The highest BCUT2D eigenvalue weighted by Crippen LogP contribution is 2.11. The van der Waals surface area contributed by atoms with Crippen LogP contribution in [0.3, 0.4) is 0 Å². The van der Waals surface area contributed by atoms with Crippen LogP contribution >= 0.6 is 0 Å². The van der Waals surface area contributed by atoms with Crippen LogP contribution in [-0.2, 0) is 6.54 Å². The number of piperazine rings is 1. The number of benzene rings is 1. The lowest BCUT2D eigenvalue weighted by atomic mass is 10.2. The largest absolute Gasteiger partial charge is 0.352 e. The van der Waals surface area contributed by atoms with Crippen molar-refractivity contribution in [2.75, 3.05) is 31.5 Å². The van der Waals surface area contributed by atoms with E-state index in [1.165, 1.54) is 5.56 Å². The summed E-state index contributed by atoms with van der Waals surface area (Å²) < 4.78 is 0. The average Bonchev–Trinajstić information content (AvgIpc) is 2.62. The fourth-order valence-corrected chi connectivity index (χ4v) is 2.92. The molecule has 3 rings (SSSR count). The summed E-state index contributed by atoms with van der Waals surface area (Å²) in [6.07, 6.45) is 1.64. The molecule has 1 fully saturated rings. The van der Waals surface area contributed by atoms with E-state index in [-0.39, 0.29) is 11.9 Å². The van der Waals surface area contributed by atoms with E-state index in [0.29, 0.717) is 11.6 Å². The van der Waals surface area contributed by atoms with Gasteiger partial charge in [0.15, 0.2) is 0 Å². The van der Waals surface area contributed by atoms with E-state index in [1.807, 2.05) is 24.8 Å². The van der Waals surface area contributed by atoms with Gasteiger partial charge in [0.05, 0.1) is 0 Å². The lowest BCUT2D eigenvalue weighted by Crippen LogP contribution is -2.48. The highest BCUT2D eigenvalue weighted by Gasteiger charge is 2.23. The van der Waals surface area contributed by atoms with Crippen molar-refractivity contribution in [1.82, 2.24) is 19.8 Å². The Hall–Kier alpha value is -2.47. The number of aromatic nitrogens is 2. The van der Waals surface area contributed by atoms with Crippen molar-refractivity contribution in [3.05, 3.63) is 53.9 Å². The number of hydrogen-bond acceptors (Lipinski definition) is 5. The Bertz CT molecular complexity index is 696. The monoisotopic (exact) mass is 339 g/mol. The molecule has 1 N–H and O–H groups in total. The van der Waals surface area contributed by atoms with Gasteiger partial charge in [-0.15, -0.1) is 0 Å². The lowest BCUT2D eigenvalue weighted by Gasteiger charge is -2.34. The number of rotatable bonds is 5. The maximum atomic E-state index is 12.7. The van der Waals surface area contributed by atoms with Crippen LogP contribution in [0.4, 0.5) is 5.95 Å². The first kappa shape index (κ1) is 17.4. The number of carbonyl (C=O) groups is 1. The SMILES string of the molecule is CC(C)Nc1nccc(C(=O)N2CCN(Cc3ccccc3)CC2)n1. The third kappa shape index (κ3) is 4.76. The zero-order chi connectivity index (χ0) is 17.6. The third-order valence-corrected chi connectivity index (χ3v) is 4.20. The van der Waals surface area contributed by atoms with Gasteiger partial charge in [0.25, 0.3) is 5.91 Å². The van der Waals surface area contributed by atoms with Crippen LogP contribution in [-0.4, -0.2) is 57.9 Å². The average molecular weight is 339 g/mol. The minimum atomic E-state index is -0.0198. The molecule has 0 atom stereocenters. The zero-order valence-corrected chi connectivity index (χ0v) is 14.9. The Morgan fingerprint density at radius 1 is 1.12 bits per heavy atom. The van der Waals surface area contributed by atoms with Gasteiger partial charge in [0, 0.05) is 45.0 Å². The first-order chi connectivity index (χ1) is 12.1. The van der Waals surface area contributed by atoms with Gasteiger partial charge >= 0.3 is 0 Å². The van der Waals surface area contributed by atoms with Crippen LogP contribution in [0.1, 0.15) is 29.9 Å². The molecule has 0 unspecified atom stereocenters. The number of anilines is 1. The second-order valence-corrected chi connectivity index (χ2v) is 6.62. The van der Waals surface area contributed by atoms with E-state index < -0.39 is 0 Å². The summed E-state index contributed by atoms with van der Waals surface area (Å²) in [4.78, 5) is 25.5. The van der Waals surface area contributed by atoms with Crippen molar-refractivity contribution in [2.45, 2.75) is 26.4 Å². The number of carbonyl (C=O) groups excluding carboxylic acids is 1. The maximum Gasteiger partial charge on any atom is 0.272 e. The molecule has 1 amide bonds. The van der Waals surface area contributed by atoms with Crippen LogP contribution in [0, 0.1) is 0 Å². The van der Waals surface area contributed by atoms with Gasteiger partial charge in [0.2, 0.25) is 5.95 Å². The molecule has 1 aromatic heterocycles. The van der Waals surface area contributed by atoms with Crippen LogP contribution in [0.5, 0.6) is 0 Å². The third-order valence-electron chi connectivity index (χ3n) is 4.20. The molecule has 1 saturated heterocycles. The number of nitrogens with zero attached hydrogens (tertiary/aromatic N) is 4. The van der Waals surface area contributed by atoms with Gasteiger partial charge in [-0.3, -0.25) is 9.69 Å². The Balaban J connectivity index is 1.56. The topological polar surface area (TPSA) is 61.4 Å². The van der Waals surface area contributed by atoms with Gasteiger partial charge in [-0.05, 0) is 25.5 Å². The van der Waals surface area contributed by atoms with Crippen molar-refractivity contribution >= 4 is 11.9 Å². The van der Waals surface area contributed by atoms with Gasteiger partial charge < -0.3 is 10.2 Å². The summed E-state index contributed by atoms with van der Waals surface area (Å²) >= 11 is 0. The molecule has 2 heterocycles. The summed E-state index contributed by atoms with van der Waals surface area (Å²) in [5.74, 6) is 0.483. The van der Waals surface area contributed by atoms with E-state index in [9.17, 15) is 4.79 Å². The Kier molecular flexibility index (Phi) is 5.60. The highest BCUT2D eigenvalue weighted by atomic mass is 16.2. The summed E-state index contributed by atoms with van der Waals surface area (Å²) in [7, 11) is 0. The fourth-order valence-electron chi connectivity index (χ4n) is 2.92. The number of amides is 1. The van der Waals surface area contributed by atoms with Gasteiger partial charge in [-0.25, -0.2) is 9.97 Å². The van der Waals surface area contributed by atoms with Crippen LogP contribution in [0.2, 0.25) is 0 Å². The number of nitrogens with one attached hydrogen (secondary N) is 1. The van der Waals surface area contributed by atoms with Gasteiger partial charge in [-0.1, -0.05) is 30.3 Å². The Morgan fingerprint density at radius 3 is 2.52 bits per heavy atom. The second-order valence-electron chi connectivity index (χ2n) is 6.62. The number of hydrogen-bond donors (Lipinski definition) is 1. The molecule has 1 aliphatic heterocycles. The van der Waals surface area contributed by atoms with E-state index in [0.717, 1.165) is 32.7 Å². The molecule has 0 aliphatic carbocycles. The molecule has 1 aromatic carbocycles. The molecule has 0 spiro atoms. The summed E-state index contributed by atoms with van der Waals surface area (Å²) in [6.45, 7) is 8.17. The van der Waals surface area contributed by atoms with Gasteiger partial charge in [-0.2, -0.15) is 0 Å². The Morgan fingerprint density at radius 2 is 1.84 bits per heavy atom. The minimum absolute atomic E-state index is 0.0198. The predicted molar refractivity (Wildman–Crippen MR) is 98.4 cm³/mol. The molecule has 132 valence electrons. The molecule has 25 heavy (non-hydrogen) atoms. The summed E-state index contributed by atoms with van der Waals surface area (Å²) in [5.41, 5.74) is 1.76. The van der Waals surface area contributed by atoms with Crippen LogP contribution in [0.25, 0.3) is 0 Å². The minimum Gasteiger partial charge on any atom is -0.352 e. The molecule has 0 radical (unpaired) electrons. The molecule has 0 saturated carbocycles. The summed E-state index contributed by atoms with van der Waals surface area (Å²) in [6, 6.07) is 12.4. The Labute approximate surface area is 148 Å². The smallest absolute Gasteiger partial charge is 0.272 e. The predicted octanol–water partition coefficient (Wildman–Crippen LogP) is 2.25. The van der Waals surface area contributed by atoms with Crippen molar-refractivity contribution in [2.24, 2.45) is 0 Å². The second kappa shape index (κ2) is 8.07. The first-order valence-corrected chi connectivity index (χ1v) is 8.77. The van der Waals surface area contributed by atoms with E-state index in [4.69, 9.17) is 0 Å². The van der Waals surface area contributed by atoms with Crippen molar-refractivity contribution in [1.29, 1.82) is 0 Å². The van der Waals surface area contributed by atoms with E-state index in [1.54, 1.807) is 12.3 Å². The fraction of sp³-hybridized carbons (Fsp3) is 0.421. The molecule has 6 nitrogen and oxygen atoms in total. The van der Waals surface area contributed by atoms with Crippen molar-refractivity contribution in [3.8, 4) is 0 Å². The molecular weight excluding hydrogens is 314 g/mol. The first-order valence-electron chi connectivity index (χ1n) is 8.77. The lowest BCUT2D eigenvalue weighted by molar-refractivity contribution is 0.0622. The van der Waals surface area contributed by atoms with Crippen molar-refractivity contribution < 1.29 is 4.79 Å². The molecule has 2 aromatic rings. The quantitative estimate of drug-likeness (QED) is 0.905. The van der Waals surface area contributed by atoms with Crippen LogP contribution < -0.4 is 5.32 Å². The molecule has 1 aliphatic rings. The van der Waals surface area contributed by atoms with Gasteiger partial charge in [0.1, 0.15) is 5.69 Å². The molecule has 0 bridgehead atoms. The molecule has 6 heteroatoms. The molecular formula is C19H25N5O. The van der Waals surface area contributed by atoms with E-state index >= 15 is 0 Å². The van der Waals surface area contributed by atoms with Crippen LogP contribution in [0.15, 0.2) is 42.6 Å². The summed E-state index contributed by atoms with van der Waals surface area (Å²) in [5, 5.41) is 3.14.